The van der Waals surface area contributed by atoms with Crippen molar-refractivity contribution in [3.63, 3.8) is 0 Å². The van der Waals surface area contributed by atoms with Crippen LogP contribution < -0.4 is 20.9 Å². The summed E-state index contributed by atoms with van der Waals surface area (Å²) in [6.07, 6.45) is 0. The Labute approximate surface area is 192 Å². The van der Waals surface area contributed by atoms with Gasteiger partial charge in [-0.2, -0.15) is 5.10 Å². The molecule has 0 radical (unpaired) electrons. The van der Waals surface area contributed by atoms with E-state index in [2.05, 4.69) is 15.7 Å². The highest BCUT2D eigenvalue weighted by Gasteiger charge is 2.13. The van der Waals surface area contributed by atoms with Gasteiger partial charge < -0.3 is 15.4 Å². The summed E-state index contributed by atoms with van der Waals surface area (Å²) in [6, 6.07) is 17.0. The monoisotopic (exact) mass is 448 g/mol. The quantitative estimate of drug-likeness (QED) is 0.523. The van der Waals surface area contributed by atoms with Crippen molar-refractivity contribution >= 4 is 17.5 Å². The number of ether oxygens (including phenoxy) is 1. The van der Waals surface area contributed by atoms with Crippen LogP contribution in [-0.4, -0.2) is 34.7 Å². The predicted octanol–water partition coefficient (Wildman–Crippen LogP) is 3.27. The first kappa shape index (κ1) is 23.7. The van der Waals surface area contributed by atoms with Crippen molar-refractivity contribution < 1.29 is 14.3 Å². The molecule has 0 bridgehead atoms. The van der Waals surface area contributed by atoms with Crippen LogP contribution in [-0.2, 0) is 6.54 Å². The Kier molecular flexibility index (Phi) is 7.96. The second kappa shape index (κ2) is 11.1. The highest BCUT2D eigenvalue weighted by atomic mass is 16.5. The first-order chi connectivity index (χ1) is 15.8. The number of carbonyl (C=O) groups is 2. The van der Waals surface area contributed by atoms with Gasteiger partial charge in [0.05, 0.1) is 6.54 Å². The summed E-state index contributed by atoms with van der Waals surface area (Å²) in [7, 11) is 0. The molecular formula is C25H28N4O4. The summed E-state index contributed by atoms with van der Waals surface area (Å²) in [5.74, 6) is 0.439. The lowest BCUT2D eigenvalue weighted by atomic mass is 10.1. The predicted molar refractivity (Wildman–Crippen MR) is 127 cm³/mol. The second-order valence-corrected chi connectivity index (χ2v) is 8.03. The molecule has 0 aliphatic heterocycles. The molecule has 8 heteroatoms. The molecule has 1 aromatic heterocycles. The zero-order chi connectivity index (χ0) is 23.8. The van der Waals surface area contributed by atoms with Gasteiger partial charge in [-0.3, -0.25) is 14.4 Å². The normalized spacial score (nSPS) is 10.7. The third kappa shape index (κ3) is 6.77. The molecule has 0 saturated heterocycles. The molecular weight excluding hydrogens is 420 g/mol. The minimum absolute atomic E-state index is 0.104. The fraction of sp³-hybridized carbons (Fsp3) is 0.280. The summed E-state index contributed by atoms with van der Waals surface area (Å²) in [4.78, 5) is 37.1. The molecule has 8 nitrogen and oxygen atoms in total. The minimum atomic E-state index is -0.451. The topological polar surface area (TPSA) is 102 Å². The van der Waals surface area contributed by atoms with E-state index in [1.54, 1.807) is 18.2 Å². The number of hydrogen-bond donors (Lipinski definition) is 2. The zero-order valence-corrected chi connectivity index (χ0v) is 19.0. The molecule has 0 atom stereocenters. The average molecular weight is 449 g/mol. The van der Waals surface area contributed by atoms with Crippen molar-refractivity contribution in [3.05, 3.63) is 87.8 Å². The number of rotatable bonds is 9. The van der Waals surface area contributed by atoms with Crippen LogP contribution in [0.5, 0.6) is 5.75 Å². The summed E-state index contributed by atoms with van der Waals surface area (Å²) in [5, 5.41) is 9.83. The van der Waals surface area contributed by atoms with Gasteiger partial charge >= 0.3 is 0 Å². The Morgan fingerprint density at radius 3 is 2.48 bits per heavy atom. The number of nitrogens with one attached hydrogen (secondary N) is 2. The third-order valence-electron chi connectivity index (χ3n) is 4.82. The van der Waals surface area contributed by atoms with Gasteiger partial charge in [-0.15, -0.1) is 0 Å². The molecule has 0 aliphatic carbocycles. The molecule has 3 aromatic rings. The van der Waals surface area contributed by atoms with Crippen LogP contribution in [0.25, 0.3) is 0 Å². The largest absolute Gasteiger partial charge is 0.492 e. The Hall–Kier alpha value is -3.94. The first-order valence-corrected chi connectivity index (χ1v) is 10.8. The molecule has 3 rings (SSSR count). The van der Waals surface area contributed by atoms with Crippen LogP contribution in [0.1, 0.15) is 40.3 Å². The molecule has 0 spiro atoms. The Morgan fingerprint density at radius 1 is 1.03 bits per heavy atom. The van der Waals surface area contributed by atoms with Crippen molar-refractivity contribution in [2.45, 2.75) is 27.3 Å². The lowest BCUT2D eigenvalue weighted by Gasteiger charge is -2.12. The average Bonchev–Trinajstić information content (AvgIpc) is 2.80. The zero-order valence-electron chi connectivity index (χ0n) is 19.0. The third-order valence-corrected chi connectivity index (χ3v) is 4.82. The Balaban J connectivity index is 1.64. The number of benzene rings is 2. The van der Waals surface area contributed by atoms with E-state index in [1.165, 1.54) is 16.8 Å². The molecule has 0 saturated carbocycles. The number of anilines is 1. The molecule has 2 aromatic carbocycles. The summed E-state index contributed by atoms with van der Waals surface area (Å²) in [6.45, 7) is 6.89. The van der Waals surface area contributed by atoms with E-state index < -0.39 is 5.91 Å². The number of nitrogens with zero attached hydrogens (tertiary/aromatic N) is 2. The fourth-order valence-corrected chi connectivity index (χ4v) is 3.03. The molecule has 2 N–H and O–H groups in total. The summed E-state index contributed by atoms with van der Waals surface area (Å²) >= 11 is 0. The van der Waals surface area contributed by atoms with Crippen molar-refractivity contribution in [2.75, 3.05) is 18.5 Å². The Morgan fingerprint density at radius 2 is 1.79 bits per heavy atom. The van der Waals surface area contributed by atoms with E-state index in [1.807, 2.05) is 51.1 Å². The van der Waals surface area contributed by atoms with Crippen molar-refractivity contribution in [2.24, 2.45) is 5.92 Å². The number of carbonyl (C=O) groups excluding carboxylic acids is 2. The highest BCUT2D eigenvalue weighted by Crippen LogP contribution is 2.17. The van der Waals surface area contributed by atoms with Gasteiger partial charge in [-0.1, -0.05) is 32.0 Å². The SMILES string of the molecule is Cc1cc(C(=O)NCC(C)C)ccc1NC(=O)c1ccc(=O)n(CCOc2ccccc2)n1. The number of hydrogen-bond acceptors (Lipinski definition) is 5. The number of para-hydroxylation sites is 1. The second-order valence-electron chi connectivity index (χ2n) is 8.03. The number of aryl methyl sites for hydroxylation is 1. The van der Waals surface area contributed by atoms with Crippen LogP contribution in [0.4, 0.5) is 5.69 Å². The lowest BCUT2D eigenvalue weighted by Crippen LogP contribution is -2.28. The molecule has 2 amide bonds. The first-order valence-electron chi connectivity index (χ1n) is 10.8. The maximum Gasteiger partial charge on any atom is 0.276 e. The van der Waals surface area contributed by atoms with Crippen LogP contribution in [0.2, 0.25) is 0 Å². The highest BCUT2D eigenvalue weighted by molar-refractivity contribution is 6.03. The smallest absolute Gasteiger partial charge is 0.276 e. The van der Waals surface area contributed by atoms with Crippen LogP contribution >= 0.6 is 0 Å². The van der Waals surface area contributed by atoms with Crippen molar-refractivity contribution in [1.29, 1.82) is 0 Å². The van der Waals surface area contributed by atoms with Crippen molar-refractivity contribution in [1.82, 2.24) is 15.1 Å². The minimum Gasteiger partial charge on any atom is -0.492 e. The number of amides is 2. The van der Waals surface area contributed by atoms with E-state index in [0.29, 0.717) is 29.5 Å². The molecule has 0 fully saturated rings. The molecule has 172 valence electrons. The summed E-state index contributed by atoms with van der Waals surface area (Å²) in [5.41, 5.74) is 1.61. The maximum atomic E-state index is 12.7. The summed E-state index contributed by atoms with van der Waals surface area (Å²) < 4.78 is 6.81. The standard InChI is InChI=1S/C25H28N4O4/c1-17(2)16-26-24(31)19-9-10-21(18(3)15-19)27-25(32)22-11-12-23(30)29(28-22)13-14-33-20-7-5-4-6-8-20/h4-12,15,17H,13-14,16H2,1-3H3,(H,26,31)(H,27,32). The van der Waals surface area contributed by atoms with Gasteiger partial charge in [0, 0.05) is 23.9 Å². The molecule has 0 aliphatic rings. The van der Waals surface area contributed by atoms with Gasteiger partial charge in [-0.25, -0.2) is 4.68 Å². The van der Waals surface area contributed by atoms with Gasteiger partial charge in [0.1, 0.15) is 18.1 Å². The lowest BCUT2D eigenvalue weighted by molar-refractivity contribution is 0.0948. The van der Waals surface area contributed by atoms with E-state index in [9.17, 15) is 14.4 Å². The van der Waals surface area contributed by atoms with E-state index in [0.717, 1.165) is 5.56 Å². The number of aromatic nitrogens is 2. The Bertz CT molecular complexity index is 1170. The van der Waals surface area contributed by atoms with E-state index in [-0.39, 0.29) is 30.3 Å². The van der Waals surface area contributed by atoms with Crippen LogP contribution in [0.3, 0.4) is 0 Å². The maximum absolute atomic E-state index is 12.7. The van der Waals surface area contributed by atoms with E-state index >= 15 is 0 Å². The van der Waals surface area contributed by atoms with Crippen molar-refractivity contribution in [3.8, 4) is 5.75 Å². The molecule has 33 heavy (non-hydrogen) atoms. The fourth-order valence-electron chi connectivity index (χ4n) is 3.03. The van der Waals surface area contributed by atoms with Gasteiger partial charge in [0.2, 0.25) is 0 Å². The van der Waals surface area contributed by atoms with Gasteiger partial charge in [-0.05, 0) is 54.8 Å². The molecule has 0 unspecified atom stereocenters. The van der Waals surface area contributed by atoms with Crippen LogP contribution in [0.15, 0.2) is 65.5 Å². The molecule has 1 heterocycles. The van der Waals surface area contributed by atoms with Gasteiger partial charge in [0.15, 0.2) is 0 Å². The van der Waals surface area contributed by atoms with Crippen LogP contribution in [0, 0.1) is 12.8 Å². The van der Waals surface area contributed by atoms with E-state index in [4.69, 9.17) is 4.74 Å². The van der Waals surface area contributed by atoms with Gasteiger partial charge in [0.25, 0.3) is 17.4 Å².